The summed E-state index contributed by atoms with van der Waals surface area (Å²) in [4.78, 5) is 25.0. The fourth-order valence-corrected chi connectivity index (χ4v) is 1.98. The first-order chi connectivity index (χ1) is 8.63. The Morgan fingerprint density at radius 3 is 2.67 bits per heavy atom. The largest absolute Gasteiger partial charge is 0.465 e. The number of esters is 1. The van der Waals surface area contributed by atoms with Gasteiger partial charge >= 0.3 is 5.97 Å². The molecule has 1 fully saturated rings. The lowest BCUT2D eigenvalue weighted by atomic mass is 10.0. The molecule has 1 atom stereocenters. The van der Waals surface area contributed by atoms with Crippen molar-refractivity contribution in [2.75, 3.05) is 27.2 Å². The number of ether oxygens (including phenoxy) is 1. The van der Waals surface area contributed by atoms with Crippen molar-refractivity contribution < 1.29 is 14.3 Å². The highest BCUT2D eigenvalue weighted by Gasteiger charge is 2.27. The van der Waals surface area contributed by atoms with Gasteiger partial charge in [-0.2, -0.15) is 0 Å². The van der Waals surface area contributed by atoms with Gasteiger partial charge in [0.15, 0.2) is 0 Å². The van der Waals surface area contributed by atoms with Crippen LogP contribution in [0.25, 0.3) is 0 Å². The number of hydrogen-bond donors (Lipinski definition) is 1. The number of piperazine rings is 1. The minimum absolute atomic E-state index is 0.0482. The van der Waals surface area contributed by atoms with Crippen LogP contribution in [0.5, 0.6) is 0 Å². The Balaban J connectivity index is 2.19. The van der Waals surface area contributed by atoms with Crippen molar-refractivity contribution in [3.05, 3.63) is 35.4 Å². The van der Waals surface area contributed by atoms with Crippen molar-refractivity contribution in [2.45, 2.75) is 6.04 Å². The number of carbonyl (C=O) groups excluding carboxylic acids is 2. The third kappa shape index (κ3) is 2.36. The molecule has 2 rings (SSSR count). The zero-order chi connectivity index (χ0) is 13.1. The Morgan fingerprint density at radius 2 is 2.06 bits per heavy atom. The van der Waals surface area contributed by atoms with Crippen LogP contribution in [0.2, 0.25) is 0 Å². The molecule has 0 bridgehead atoms. The normalized spacial score (nSPS) is 19.8. The maximum absolute atomic E-state index is 12.0. The molecule has 0 radical (unpaired) electrons. The maximum Gasteiger partial charge on any atom is 0.337 e. The Hall–Kier alpha value is -1.88. The molecule has 96 valence electrons. The molecule has 0 aliphatic carbocycles. The lowest BCUT2D eigenvalue weighted by molar-refractivity contribution is -0.134. The van der Waals surface area contributed by atoms with E-state index in [4.69, 9.17) is 0 Å². The highest BCUT2D eigenvalue weighted by Crippen LogP contribution is 2.18. The number of nitrogens with zero attached hydrogens (tertiary/aromatic N) is 1. The van der Waals surface area contributed by atoms with Crippen LogP contribution in [-0.4, -0.2) is 44.0 Å². The average molecular weight is 248 g/mol. The number of rotatable bonds is 2. The van der Waals surface area contributed by atoms with Crippen molar-refractivity contribution in [3.63, 3.8) is 0 Å². The van der Waals surface area contributed by atoms with E-state index in [0.717, 1.165) is 18.7 Å². The number of likely N-dealkylation sites (N-methyl/N-ethyl adjacent to an activating group) is 1. The lowest BCUT2D eigenvalue weighted by Crippen LogP contribution is -2.48. The smallest absolute Gasteiger partial charge is 0.337 e. The molecule has 1 aliphatic rings. The Bertz CT molecular complexity index is 456. The van der Waals surface area contributed by atoms with Crippen LogP contribution in [-0.2, 0) is 9.53 Å². The van der Waals surface area contributed by atoms with E-state index in [1.807, 2.05) is 0 Å². The molecule has 1 aromatic carbocycles. The number of amides is 1. The predicted molar refractivity (Wildman–Crippen MR) is 66.2 cm³/mol. The monoisotopic (exact) mass is 248 g/mol. The zero-order valence-electron chi connectivity index (χ0n) is 10.5. The molecule has 0 saturated carbocycles. The molecule has 0 aromatic heterocycles. The summed E-state index contributed by atoms with van der Waals surface area (Å²) in [6, 6.07) is 6.58. The van der Waals surface area contributed by atoms with E-state index >= 15 is 0 Å². The number of carbonyl (C=O) groups is 2. The van der Waals surface area contributed by atoms with E-state index in [1.54, 1.807) is 36.2 Å². The van der Waals surface area contributed by atoms with Gasteiger partial charge in [-0.25, -0.2) is 4.79 Å². The second-order valence-corrected chi connectivity index (χ2v) is 4.26. The summed E-state index contributed by atoms with van der Waals surface area (Å²) < 4.78 is 4.63. The zero-order valence-corrected chi connectivity index (χ0v) is 10.5. The van der Waals surface area contributed by atoms with Crippen LogP contribution in [0.1, 0.15) is 22.0 Å². The number of hydrogen-bond acceptors (Lipinski definition) is 4. The SMILES string of the molecule is COC(=O)c1ccc([C@H]2NCCN(C)C2=O)cc1. The molecule has 18 heavy (non-hydrogen) atoms. The first-order valence-electron chi connectivity index (χ1n) is 5.80. The second kappa shape index (κ2) is 5.18. The predicted octanol–water partition coefficient (Wildman–Crippen LogP) is 0.576. The van der Waals surface area contributed by atoms with Crippen molar-refractivity contribution in [1.29, 1.82) is 0 Å². The van der Waals surface area contributed by atoms with Crippen LogP contribution in [0.4, 0.5) is 0 Å². The van der Waals surface area contributed by atoms with E-state index in [2.05, 4.69) is 10.1 Å². The summed E-state index contributed by atoms with van der Waals surface area (Å²) in [6.07, 6.45) is 0. The molecular formula is C13H16N2O3. The van der Waals surface area contributed by atoms with Crippen LogP contribution >= 0.6 is 0 Å². The number of benzene rings is 1. The average Bonchev–Trinajstić information content (AvgIpc) is 2.41. The molecule has 1 N–H and O–H groups in total. The first-order valence-corrected chi connectivity index (χ1v) is 5.80. The quantitative estimate of drug-likeness (QED) is 0.778. The number of methoxy groups -OCH3 is 1. The van der Waals surface area contributed by atoms with E-state index in [9.17, 15) is 9.59 Å². The first kappa shape index (κ1) is 12.6. The Morgan fingerprint density at radius 1 is 1.39 bits per heavy atom. The summed E-state index contributed by atoms with van der Waals surface area (Å²) in [6.45, 7) is 1.49. The van der Waals surface area contributed by atoms with Crippen molar-refractivity contribution in [3.8, 4) is 0 Å². The van der Waals surface area contributed by atoms with E-state index in [0.29, 0.717) is 5.56 Å². The Kier molecular flexibility index (Phi) is 3.62. The molecule has 1 amide bonds. The van der Waals surface area contributed by atoms with Gasteiger partial charge in [0.2, 0.25) is 5.91 Å². The van der Waals surface area contributed by atoms with Gasteiger partial charge in [-0.1, -0.05) is 12.1 Å². The van der Waals surface area contributed by atoms with Gasteiger partial charge in [0.1, 0.15) is 6.04 Å². The summed E-state index contributed by atoms with van der Waals surface area (Å²) in [5.74, 6) is -0.325. The summed E-state index contributed by atoms with van der Waals surface area (Å²) in [5, 5.41) is 3.17. The van der Waals surface area contributed by atoms with Crippen molar-refractivity contribution >= 4 is 11.9 Å². The molecule has 1 heterocycles. The summed E-state index contributed by atoms with van der Waals surface area (Å²) in [5.41, 5.74) is 1.34. The Labute approximate surface area is 106 Å². The molecule has 5 nitrogen and oxygen atoms in total. The fraction of sp³-hybridized carbons (Fsp3) is 0.385. The third-order valence-electron chi connectivity index (χ3n) is 3.08. The minimum atomic E-state index is -0.374. The van der Waals surface area contributed by atoms with Crippen LogP contribution in [0.3, 0.4) is 0 Å². The topological polar surface area (TPSA) is 58.6 Å². The van der Waals surface area contributed by atoms with E-state index in [-0.39, 0.29) is 17.9 Å². The van der Waals surface area contributed by atoms with E-state index in [1.165, 1.54) is 7.11 Å². The maximum atomic E-state index is 12.0. The van der Waals surface area contributed by atoms with Gasteiger partial charge in [0.05, 0.1) is 12.7 Å². The second-order valence-electron chi connectivity index (χ2n) is 4.26. The molecule has 1 aromatic rings. The summed E-state index contributed by atoms with van der Waals surface area (Å²) in [7, 11) is 3.14. The molecule has 5 heteroatoms. The molecule has 1 saturated heterocycles. The standard InChI is InChI=1S/C13H16N2O3/c1-15-8-7-14-11(12(15)16)9-3-5-10(6-4-9)13(17)18-2/h3-6,11,14H,7-8H2,1-2H3/t11-/m1/s1. The van der Waals surface area contributed by atoms with Gasteiger partial charge in [0, 0.05) is 20.1 Å². The van der Waals surface area contributed by atoms with Gasteiger partial charge in [-0.15, -0.1) is 0 Å². The fourth-order valence-electron chi connectivity index (χ4n) is 1.98. The molecule has 0 unspecified atom stereocenters. The van der Waals surface area contributed by atoms with Crippen LogP contribution < -0.4 is 5.32 Å². The number of nitrogens with one attached hydrogen (secondary N) is 1. The van der Waals surface area contributed by atoms with Gasteiger partial charge < -0.3 is 15.0 Å². The highest BCUT2D eigenvalue weighted by atomic mass is 16.5. The lowest BCUT2D eigenvalue weighted by Gasteiger charge is -2.30. The van der Waals surface area contributed by atoms with Crippen LogP contribution in [0.15, 0.2) is 24.3 Å². The van der Waals surface area contributed by atoms with E-state index < -0.39 is 0 Å². The van der Waals surface area contributed by atoms with Crippen LogP contribution in [0, 0.1) is 0 Å². The molecular weight excluding hydrogens is 232 g/mol. The van der Waals surface area contributed by atoms with Crippen molar-refractivity contribution in [1.82, 2.24) is 10.2 Å². The third-order valence-corrected chi connectivity index (χ3v) is 3.08. The van der Waals surface area contributed by atoms with Gasteiger partial charge in [-0.3, -0.25) is 4.79 Å². The minimum Gasteiger partial charge on any atom is -0.465 e. The highest BCUT2D eigenvalue weighted by molar-refractivity contribution is 5.89. The van der Waals surface area contributed by atoms with Gasteiger partial charge in [-0.05, 0) is 17.7 Å². The van der Waals surface area contributed by atoms with Gasteiger partial charge in [0.25, 0.3) is 0 Å². The van der Waals surface area contributed by atoms with Crippen molar-refractivity contribution in [2.24, 2.45) is 0 Å². The molecule has 1 aliphatic heterocycles. The summed E-state index contributed by atoms with van der Waals surface area (Å²) >= 11 is 0. The molecule has 0 spiro atoms.